The fraction of sp³-hybridized carbons (Fsp3) is 0.300. The molecule has 8 nitrogen and oxygen atoms in total. The van der Waals surface area contributed by atoms with Gasteiger partial charge in [-0.15, -0.1) is 0 Å². The van der Waals surface area contributed by atoms with Gasteiger partial charge in [-0.05, 0) is 18.2 Å². The minimum Gasteiger partial charge on any atom is -0.493 e. The maximum Gasteiger partial charge on any atom is 0.289 e. The molecule has 0 radical (unpaired) electrons. The predicted molar refractivity (Wildman–Crippen MR) is 102 cm³/mol. The zero-order valence-electron chi connectivity index (χ0n) is 15.7. The number of piperazine rings is 1. The average molecular weight is 383 g/mol. The molecule has 28 heavy (non-hydrogen) atoms. The summed E-state index contributed by atoms with van der Waals surface area (Å²) in [5.74, 6) is 1.19. The molecule has 2 aliphatic rings. The molecule has 0 aliphatic carbocycles. The van der Waals surface area contributed by atoms with E-state index in [1.165, 1.54) is 6.26 Å². The third kappa shape index (κ3) is 3.17. The highest BCUT2D eigenvalue weighted by molar-refractivity contribution is 6.31. The molecule has 3 heterocycles. The molecule has 4 rings (SSSR count). The molecule has 2 aliphatic heterocycles. The number of nitrogens with one attached hydrogen (secondary N) is 1. The van der Waals surface area contributed by atoms with Gasteiger partial charge in [-0.25, -0.2) is 0 Å². The number of anilines is 1. The number of methoxy groups -OCH3 is 2. The van der Waals surface area contributed by atoms with E-state index < -0.39 is 0 Å². The van der Waals surface area contributed by atoms with Gasteiger partial charge >= 0.3 is 0 Å². The van der Waals surface area contributed by atoms with Crippen molar-refractivity contribution in [2.75, 3.05) is 45.7 Å². The monoisotopic (exact) mass is 383 g/mol. The van der Waals surface area contributed by atoms with Crippen molar-refractivity contribution in [3.8, 4) is 11.5 Å². The van der Waals surface area contributed by atoms with E-state index in [2.05, 4.69) is 5.32 Å². The number of fused-ring (bicyclic) bond motifs is 1. The summed E-state index contributed by atoms with van der Waals surface area (Å²) in [6.07, 6.45) is 3.34. The minimum atomic E-state index is -0.167. The van der Waals surface area contributed by atoms with E-state index >= 15 is 0 Å². The molecule has 0 atom stereocenters. The molecular formula is C20H21N3O5. The molecule has 1 N–H and O–H groups in total. The third-order valence-electron chi connectivity index (χ3n) is 4.95. The van der Waals surface area contributed by atoms with Gasteiger partial charge in [-0.3, -0.25) is 9.59 Å². The number of carbonyl (C=O) groups is 2. The SMILES string of the molecule is COc1cc2c(cc1OC)C(=CN1CCN(C(=O)c3ccco3)CC1)C(=O)N2. The topological polar surface area (TPSA) is 84.2 Å². The Balaban J connectivity index is 1.50. The van der Waals surface area contributed by atoms with Crippen molar-refractivity contribution in [1.29, 1.82) is 0 Å². The van der Waals surface area contributed by atoms with Crippen molar-refractivity contribution in [3.63, 3.8) is 0 Å². The molecule has 0 saturated carbocycles. The van der Waals surface area contributed by atoms with Crippen LogP contribution in [0.15, 0.2) is 41.1 Å². The number of carbonyl (C=O) groups excluding carboxylic acids is 2. The van der Waals surface area contributed by atoms with Crippen LogP contribution in [-0.4, -0.2) is 62.0 Å². The molecule has 0 spiro atoms. The van der Waals surface area contributed by atoms with E-state index in [1.54, 1.807) is 43.4 Å². The first-order chi connectivity index (χ1) is 13.6. The number of ether oxygens (including phenoxy) is 2. The van der Waals surface area contributed by atoms with Crippen molar-refractivity contribution in [2.24, 2.45) is 0 Å². The molecule has 1 aromatic carbocycles. The number of benzene rings is 1. The van der Waals surface area contributed by atoms with E-state index in [9.17, 15) is 9.59 Å². The Kier molecular flexibility index (Phi) is 4.68. The molecule has 1 aromatic heterocycles. The first-order valence-corrected chi connectivity index (χ1v) is 8.97. The van der Waals surface area contributed by atoms with Crippen LogP contribution in [0.5, 0.6) is 11.5 Å². The van der Waals surface area contributed by atoms with Crippen LogP contribution in [0.3, 0.4) is 0 Å². The number of rotatable bonds is 4. The second kappa shape index (κ2) is 7.30. The third-order valence-corrected chi connectivity index (χ3v) is 4.95. The highest BCUT2D eigenvalue weighted by Gasteiger charge is 2.29. The zero-order valence-corrected chi connectivity index (χ0v) is 15.7. The molecule has 2 amide bonds. The lowest BCUT2D eigenvalue weighted by Crippen LogP contribution is -2.46. The Hall–Kier alpha value is -3.42. The Morgan fingerprint density at radius 3 is 2.50 bits per heavy atom. The van der Waals surface area contributed by atoms with Crippen molar-refractivity contribution in [1.82, 2.24) is 9.80 Å². The Morgan fingerprint density at radius 2 is 1.86 bits per heavy atom. The van der Waals surface area contributed by atoms with Crippen molar-refractivity contribution >= 4 is 23.1 Å². The van der Waals surface area contributed by atoms with Crippen LogP contribution in [0.25, 0.3) is 5.57 Å². The zero-order chi connectivity index (χ0) is 19.7. The normalized spacial score (nSPS) is 17.5. The van der Waals surface area contributed by atoms with Crippen LogP contribution < -0.4 is 14.8 Å². The smallest absolute Gasteiger partial charge is 0.289 e. The second-order valence-corrected chi connectivity index (χ2v) is 6.56. The lowest BCUT2D eigenvalue weighted by Gasteiger charge is -2.33. The number of hydrogen-bond acceptors (Lipinski definition) is 6. The maximum atomic E-state index is 12.5. The minimum absolute atomic E-state index is 0.113. The molecule has 1 fully saturated rings. The predicted octanol–water partition coefficient (Wildman–Crippen LogP) is 2.05. The maximum absolute atomic E-state index is 12.5. The summed E-state index contributed by atoms with van der Waals surface area (Å²) in [6, 6.07) is 6.92. The summed E-state index contributed by atoms with van der Waals surface area (Å²) in [4.78, 5) is 28.6. The van der Waals surface area contributed by atoms with Gasteiger partial charge in [0.25, 0.3) is 11.8 Å². The molecule has 0 unspecified atom stereocenters. The van der Waals surface area contributed by atoms with Gasteiger partial charge < -0.3 is 29.0 Å². The standard InChI is InChI=1S/C20H21N3O5/c1-26-17-10-13-14(19(24)21-15(13)11-18(17)27-2)12-22-5-7-23(8-6-22)20(25)16-4-3-9-28-16/h3-4,9-12H,5-8H2,1-2H3,(H,21,24). The van der Waals surface area contributed by atoms with Crippen molar-refractivity contribution < 1.29 is 23.5 Å². The number of amides is 2. The first-order valence-electron chi connectivity index (χ1n) is 8.97. The van der Waals surface area contributed by atoms with E-state index in [1.807, 2.05) is 11.1 Å². The van der Waals surface area contributed by atoms with Gasteiger partial charge in [-0.1, -0.05) is 0 Å². The van der Waals surface area contributed by atoms with Crippen LogP contribution >= 0.6 is 0 Å². The molecular weight excluding hydrogens is 362 g/mol. The van der Waals surface area contributed by atoms with E-state index in [-0.39, 0.29) is 11.8 Å². The van der Waals surface area contributed by atoms with E-state index in [0.717, 1.165) is 5.56 Å². The Labute approximate surface area is 162 Å². The van der Waals surface area contributed by atoms with Gasteiger partial charge in [-0.2, -0.15) is 0 Å². The summed E-state index contributed by atoms with van der Waals surface area (Å²) in [6.45, 7) is 2.38. The quantitative estimate of drug-likeness (QED) is 0.814. The molecule has 8 heteroatoms. The second-order valence-electron chi connectivity index (χ2n) is 6.56. The first kappa shape index (κ1) is 18.0. The number of hydrogen-bond donors (Lipinski definition) is 1. The summed E-state index contributed by atoms with van der Waals surface area (Å²) >= 11 is 0. The lowest BCUT2D eigenvalue weighted by atomic mass is 10.1. The van der Waals surface area contributed by atoms with E-state index in [0.29, 0.717) is 54.7 Å². The van der Waals surface area contributed by atoms with Crippen molar-refractivity contribution in [2.45, 2.75) is 0 Å². The number of nitrogens with zero attached hydrogens (tertiary/aromatic N) is 2. The summed E-state index contributed by atoms with van der Waals surface area (Å²) in [7, 11) is 3.12. The van der Waals surface area contributed by atoms with Crippen molar-refractivity contribution in [3.05, 3.63) is 48.1 Å². The van der Waals surface area contributed by atoms with Gasteiger partial charge in [0.15, 0.2) is 17.3 Å². The van der Waals surface area contributed by atoms with Crippen LogP contribution in [0, 0.1) is 0 Å². The Bertz CT molecular complexity index is 928. The average Bonchev–Trinajstić information content (AvgIpc) is 3.35. The Morgan fingerprint density at radius 1 is 1.14 bits per heavy atom. The van der Waals surface area contributed by atoms with E-state index in [4.69, 9.17) is 13.9 Å². The fourth-order valence-electron chi connectivity index (χ4n) is 3.44. The highest BCUT2D eigenvalue weighted by atomic mass is 16.5. The van der Waals surface area contributed by atoms with Gasteiger partial charge in [0.2, 0.25) is 0 Å². The van der Waals surface area contributed by atoms with Crippen LogP contribution in [-0.2, 0) is 4.79 Å². The van der Waals surface area contributed by atoms with Gasteiger partial charge in [0, 0.05) is 44.0 Å². The van der Waals surface area contributed by atoms with Crippen LogP contribution in [0.2, 0.25) is 0 Å². The van der Waals surface area contributed by atoms with Gasteiger partial charge in [0.1, 0.15) is 0 Å². The molecule has 146 valence electrons. The molecule has 0 bridgehead atoms. The summed E-state index contributed by atoms with van der Waals surface area (Å²) in [5, 5.41) is 2.86. The fourth-order valence-corrected chi connectivity index (χ4v) is 3.44. The summed E-state index contributed by atoms with van der Waals surface area (Å²) in [5.41, 5.74) is 2.04. The molecule has 2 aromatic rings. The highest BCUT2D eigenvalue weighted by Crippen LogP contribution is 2.40. The summed E-state index contributed by atoms with van der Waals surface area (Å²) < 4.78 is 15.8. The molecule has 1 saturated heterocycles. The number of furan rings is 1. The van der Waals surface area contributed by atoms with Crippen LogP contribution in [0.4, 0.5) is 5.69 Å². The van der Waals surface area contributed by atoms with Gasteiger partial charge in [0.05, 0.1) is 31.7 Å². The van der Waals surface area contributed by atoms with Crippen LogP contribution in [0.1, 0.15) is 16.1 Å². The largest absolute Gasteiger partial charge is 0.493 e. The lowest BCUT2D eigenvalue weighted by molar-refractivity contribution is -0.110.